The lowest BCUT2D eigenvalue weighted by atomic mass is 9.70. The summed E-state index contributed by atoms with van der Waals surface area (Å²) in [6, 6.07) is 5.90. The number of fused-ring (bicyclic) bond motifs is 2. The summed E-state index contributed by atoms with van der Waals surface area (Å²) in [4.78, 5) is 42.4. The summed E-state index contributed by atoms with van der Waals surface area (Å²) in [5, 5.41) is 24.3. The third-order valence-corrected chi connectivity index (χ3v) is 7.98. The summed E-state index contributed by atoms with van der Waals surface area (Å²) in [5.74, 6) is -2.41. The smallest absolute Gasteiger partial charge is 0.247 e. The van der Waals surface area contributed by atoms with Crippen LogP contribution < -0.4 is 10.6 Å². The van der Waals surface area contributed by atoms with Crippen molar-refractivity contribution in [1.29, 1.82) is 0 Å². The number of carbonyl (C=O) groups is 3. The van der Waals surface area contributed by atoms with Crippen LogP contribution in [0.3, 0.4) is 0 Å². The van der Waals surface area contributed by atoms with Crippen LogP contribution in [-0.2, 0) is 25.8 Å². The van der Waals surface area contributed by atoms with E-state index in [1.54, 1.807) is 4.68 Å². The van der Waals surface area contributed by atoms with E-state index in [1.165, 1.54) is 4.90 Å². The van der Waals surface area contributed by atoms with Gasteiger partial charge in [-0.05, 0) is 37.3 Å². The van der Waals surface area contributed by atoms with Crippen molar-refractivity contribution in [3.63, 3.8) is 0 Å². The van der Waals surface area contributed by atoms with Crippen LogP contribution in [0.15, 0.2) is 24.3 Å². The molecule has 0 saturated carbocycles. The first kappa shape index (κ1) is 24.6. The highest BCUT2D eigenvalue weighted by molar-refractivity contribution is 5.99. The molecule has 4 heterocycles. The molecule has 3 N–H and O–H groups in total. The maximum atomic E-state index is 13.9. The predicted octanol–water partition coefficient (Wildman–Crippen LogP) is 0.423. The van der Waals surface area contributed by atoms with Crippen molar-refractivity contribution < 1.29 is 24.2 Å². The van der Waals surface area contributed by atoms with Crippen molar-refractivity contribution in [2.45, 2.75) is 70.5 Å². The zero-order valence-electron chi connectivity index (χ0n) is 20.9. The van der Waals surface area contributed by atoms with Crippen molar-refractivity contribution in [3.8, 4) is 0 Å². The largest absolute Gasteiger partial charge is 0.394 e. The van der Waals surface area contributed by atoms with Gasteiger partial charge in [0.15, 0.2) is 0 Å². The van der Waals surface area contributed by atoms with Gasteiger partial charge in [0.05, 0.1) is 36.1 Å². The molecule has 194 valence electrons. The van der Waals surface area contributed by atoms with E-state index in [-0.39, 0.29) is 36.9 Å². The number of aliphatic hydroxyl groups is 1. The van der Waals surface area contributed by atoms with Crippen molar-refractivity contribution in [2.24, 2.45) is 17.8 Å². The van der Waals surface area contributed by atoms with Gasteiger partial charge in [-0.1, -0.05) is 38.1 Å². The van der Waals surface area contributed by atoms with Gasteiger partial charge in [-0.25, -0.2) is 4.68 Å². The highest BCUT2D eigenvalue weighted by Crippen LogP contribution is 2.59. The molecule has 3 aliphatic heterocycles. The number of amides is 3. The number of hydrogen-bond acceptors (Lipinski definition) is 7. The van der Waals surface area contributed by atoms with Crippen LogP contribution in [0.5, 0.6) is 0 Å². The van der Waals surface area contributed by atoms with E-state index in [0.717, 1.165) is 11.9 Å². The molecule has 1 spiro atoms. The van der Waals surface area contributed by atoms with Gasteiger partial charge < -0.3 is 25.4 Å². The molecule has 5 rings (SSSR count). The van der Waals surface area contributed by atoms with E-state index in [2.05, 4.69) is 20.9 Å². The first-order valence-electron chi connectivity index (χ1n) is 12.8. The minimum atomic E-state index is -1.10. The van der Waals surface area contributed by atoms with Crippen LogP contribution in [0.2, 0.25) is 0 Å². The van der Waals surface area contributed by atoms with Crippen molar-refractivity contribution >= 4 is 28.8 Å². The normalized spacial score (nSPS) is 29.7. The van der Waals surface area contributed by atoms with E-state index in [0.29, 0.717) is 24.9 Å². The average Bonchev–Trinajstić information content (AvgIpc) is 3.61. The third kappa shape index (κ3) is 3.67. The highest BCUT2D eigenvalue weighted by Gasteiger charge is 2.75. The lowest BCUT2D eigenvalue weighted by molar-refractivity contribution is -0.147. The number of para-hydroxylation sites is 1. The summed E-state index contributed by atoms with van der Waals surface area (Å²) in [6.07, 6.45) is 1.48. The van der Waals surface area contributed by atoms with Gasteiger partial charge in [0.1, 0.15) is 23.8 Å². The number of aliphatic hydroxyl groups excluding tert-OH is 1. The number of benzene rings is 1. The minimum Gasteiger partial charge on any atom is -0.394 e. The lowest BCUT2D eigenvalue weighted by Gasteiger charge is -2.38. The summed E-state index contributed by atoms with van der Waals surface area (Å²) < 4.78 is 8.00. The van der Waals surface area contributed by atoms with Crippen LogP contribution in [0.25, 0.3) is 11.0 Å². The molecule has 6 atom stereocenters. The van der Waals surface area contributed by atoms with E-state index in [1.807, 2.05) is 45.0 Å². The summed E-state index contributed by atoms with van der Waals surface area (Å²) in [6.45, 7) is 6.06. The van der Waals surface area contributed by atoms with Crippen LogP contribution >= 0.6 is 0 Å². The molecule has 2 bridgehead atoms. The van der Waals surface area contributed by atoms with Gasteiger partial charge in [0, 0.05) is 6.54 Å². The molecule has 3 aliphatic rings. The number of carbonyl (C=O) groups excluding carboxylic acids is 3. The zero-order valence-corrected chi connectivity index (χ0v) is 20.9. The quantitative estimate of drug-likeness (QED) is 0.455. The Morgan fingerprint density at radius 3 is 2.75 bits per heavy atom. The Hall–Kier alpha value is -3.05. The summed E-state index contributed by atoms with van der Waals surface area (Å²) >= 11 is 0. The van der Waals surface area contributed by atoms with Crippen LogP contribution in [0.4, 0.5) is 0 Å². The zero-order chi connectivity index (χ0) is 25.6. The second-order valence-electron chi connectivity index (χ2n) is 10.4. The van der Waals surface area contributed by atoms with E-state index in [9.17, 15) is 19.5 Å². The number of ether oxygens (including phenoxy) is 1. The molecular weight excluding hydrogens is 464 g/mol. The first-order chi connectivity index (χ1) is 17.3. The number of hydrogen-bond donors (Lipinski definition) is 3. The maximum absolute atomic E-state index is 13.9. The van der Waals surface area contributed by atoms with E-state index in [4.69, 9.17) is 4.74 Å². The Morgan fingerprint density at radius 1 is 1.25 bits per heavy atom. The molecule has 11 heteroatoms. The Bertz CT molecular complexity index is 1170. The lowest BCUT2D eigenvalue weighted by Crippen LogP contribution is -2.59. The number of nitrogens with zero attached hydrogens (tertiary/aromatic N) is 4. The second-order valence-corrected chi connectivity index (χ2v) is 10.4. The molecule has 2 aromatic rings. The van der Waals surface area contributed by atoms with Gasteiger partial charge in [-0.3, -0.25) is 14.4 Å². The molecule has 36 heavy (non-hydrogen) atoms. The fraction of sp³-hybridized carbons (Fsp3) is 0.640. The molecule has 11 nitrogen and oxygen atoms in total. The van der Waals surface area contributed by atoms with Crippen LogP contribution in [0.1, 0.15) is 40.0 Å². The standard InChI is InChI=1S/C25H34N6O5/c1-4-11-26-22(33)19-18-9-10-25(36-18)20(19)24(35)31(17(12-32)14(2)3)21(25)23(34)27-13-30-16-8-6-5-7-15(16)28-29-30/h5-8,14,17-21,32H,4,9-13H2,1-3H3,(H,26,33)(H,27,34)/t17-,18+,19-,20-,21?,25?/m0/s1. The fourth-order valence-corrected chi connectivity index (χ4v) is 6.32. The van der Waals surface area contributed by atoms with Gasteiger partial charge in [-0.2, -0.15) is 0 Å². The van der Waals surface area contributed by atoms with Crippen LogP contribution in [-0.4, -0.2) is 79.7 Å². The molecule has 3 saturated heterocycles. The molecule has 1 aromatic heterocycles. The topological polar surface area (TPSA) is 139 Å². The average molecular weight is 499 g/mol. The third-order valence-electron chi connectivity index (χ3n) is 7.98. The molecule has 0 aliphatic carbocycles. The second kappa shape index (κ2) is 9.44. The predicted molar refractivity (Wildman–Crippen MR) is 129 cm³/mol. The molecule has 1 aromatic carbocycles. The maximum Gasteiger partial charge on any atom is 0.247 e. The fourth-order valence-electron chi connectivity index (χ4n) is 6.32. The van der Waals surface area contributed by atoms with Gasteiger partial charge in [0.25, 0.3) is 0 Å². The van der Waals surface area contributed by atoms with Crippen molar-refractivity contribution in [1.82, 2.24) is 30.5 Å². The summed E-state index contributed by atoms with van der Waals surface area (Å²) in [5.41, 5.74) is 0.378. The Kier molecular flexibility index (Phi) is 6.46. The Labute approximate surface area is 209 Å². The molecule has 0 radical (unpaired) electrons. The first-order valence-corrected chi connectivity index (χ1v) is 12.8. The Morgan fingerprint density at radius 2 is 2.03 bits per heavy atom. The van der Waals surface area contributed by atoms with Crippen LogP contribution in [0, 0.1) is 17.8 Å². The van der Waals surface area contributed by atoms with E-state index >= 15 is 0 Å². The van der Waals surface area contributed by atoms with E-state index < -0.39 is 35.6 Å². The number of rotatable bonds is 9. The number of nitrogens with one attached hydrogen (secondary N) is 2. The molecule has 2 unspecified atom stereocenters. The monoisotopic (exact) mass is 498 g/mol. The SMILES string of the molecule is CCCNC(=O)[C@@H]1[C@H]2C(=O)N([C@@H](CO)C(C)C)C(C(=O)NCn3nnc4ccccc43)C23CC[C@H]1O3. The minimum absolute atomic E-state index is 0.0634. The van der Waals surface area contributed by atoms with Gasteiger partial charge in [0.2, 0.25) is 17.7 Å². The highest BCUT2D eigenvalue weighted by atomic mass is 16.5. The van der Waals surface area contributed by atoms with Crippen molar-refractivity contribution in [2.75, 3.05) is 13.2 Å². The van der Waals surface area contributed by atoms with Gasteiger partial charge >= 0.3 is 0 Å². The molecular formula is C25H34N6O5. The Balaban J connectivity index is 1.47. The number of likely N-dealkylation sites (tertiary alicyclic amines) is 1. The number of aromatic nitrogens is 3. The molecule has 3 fully saturated rings. The van der Waals surface area contributed by atoms with Crippen molar-refractivity contribution in [3.05, 3.63) is 24.3 Å². The molecule has 3 amide bonds. The van der Waals surface area contributed by atoms with Gasteiger partial charge in [-0.15, -0.1) is 5.10 Å². The summed E-state index contributed by atoms with van der Waals surface area (Å²) in [7, 11) is 0.